The lowest BCUT2D eigenvalue weighted by Gasteiger charge is -2.43. The number of carbonyl (C=O) groups excluding carboxylic acids is 4. The summed E-state index contributed by atoms with van der Waals surface area (Å²) in [5, 5.41) is 20.0. The second-order valence-electron chi connectivity index (χ2n) is 4.83. The molecule has 2 N–H and O–H groups in total. The molecule has 22 heavy (non-hydrogen) atoms. The van der Waals surface area contributed by atoms with Crippen molar-refractivity contribution in [2.45, 2.75) is 50.5 Å². The van der Waals surface area contributed by atoms with Crippen molar-refractivity contribution in [1.29, 1.82) is 0 Å². The molecule has 122 valence electrons. The number of carbonyl (C=O) groups is 4. The van der Waals surface area contributed by atoms with Crippen LogP contribution in [0.4, 0.5) is 0 Å². The van der Waals surface area contributed by atoms with E-state index in [1.54, 1.807) is 0 Å². The highest BCUT2D eigenvalue weighted by molar-refractivity contribution is 5.81. The van der Waals surface area contributed by atoms with E-state index in [1.165, 1.54) is 0 Å². The van der Waals surface area contributed by atoms with E-state index in [-0.39, 0.29) is 6.42 Å². The van der Waals surface area contributed by atoms with E-state index in [0.717, 1.165) is 6.92 Å². The molecule has 10 heteroatoms. The Morgan fingerprint density at radius 1 is 0.818 bits per heavy atom. The summed E-state index contributed by atoms with van der Waals surface area (Å²) in [5.74, 6) is -10.5. The first kappa shape index (κ1) is 16.2. The average molecular weight is 318 g/mol. The minimum Gasteiger partial charge on any atom is -0.454 e. The van der Waals surface area contributed by atoms with E-state index in [2.05, 4.69) is 4.74 Å². The van der Waals surface area contributed by atoms with Gasteiger partial charge in [0.1, 0.15) is 0 Å². The van der Waals surface area contributed by atoms with Crippen LogP contribution in [0.1, 0.15) is 32.6 Å². The fourth-order valence-electron chi connectivity index (χ4n) is 2.05. The molecule has 2 saturated heterocycles. The summed E-state index contributed by atoms with van der Waals surface area (Å²) in [6, 6.07) is 0. The van der Waals surface area contributed by atoms with Crippen LogP contribution in [0.3, 0.4) is 0 Å². The van der Waals surface area contributed by atoms with E-state index in [1.807, 2.05) is 0 Å². The van der Waals surface area contributed by atoms with Crippen LogP contribution in [0.25, 0.3) is 0 Å². The van der Waals surface area contributed by atoms with Gasteiger partial charge in [-0.15, -0.1) is 0 Å². The molecule has 0 aliphatic carbocycles. The lowest BCUT2D eigenvalue weighted by molar-refractivity contribution is -0.460. The van der Waals surface area contributed by atoms with Gasteiger partial charge < -0.3 is 29.2 Å². The molecule has 1 spiro atoms. The largest absolute Gasteiger partial charge is 0.454 e. The lowest BCUT2D eigenvalue weighted by Crippen LogP contribution is -2.68. The Bertz CT molecular complexity index is 506. The number of hydrogen-bond donors (Lipinski definition) is 2. The molecule has 2 rings (SSSR count). The quantitative estimate of drug-likeness (QED) is 0.306. The lowest BCUT2D eigenvalue weighted by atomic mass is 10.1. The van der Waals surface area contributed by atoms with Gasteiger partial charge in [0.25, 0.3) is 0 Å². The SMILES string of the molecule is CC1OC(=O)CCC(=O)OC12OC(=O)CCC(=O)OC2(O)O. The van der Waals surface area contributed by atoms with Crippen LogP contribution < -0.4 is 0 Å². The van der Waals surface area contributed by atoms with Gasteiger partial charge in [0.2, 0.25) is 0 Å². The zero-order valence-corrected chi connectivity index (χ0v) is 11.6. The summed E-state index contributed by atoms with van der Waals surface area (Å²) in [7, 11) is 0. The standard InChI is InChI=1S/C12H14O10/c1-6-11(20-8(14)3-2-7(13)19-6)12(17,18)22-10(16)5-4-9(15)21-11/h6,17-18H,2-5H2,1H3. The maximum Gasteiger partial charge on any atom is 0.410 e. The molecular formula is C12H14O10. The van der Waals surface area contributed by atoms with Crippen LogP contribution in [-0.4, -0.2) is 52.0 Å². The molecule has 2 heterocycles. The van der Waals surface area contributed by atoms with Gasteiger partial charge in [0.05, 0.1) is 25.7 Å². The van der Waals surface area contributed by atoms with E-state index in [9.17, 15) is 29.4 Å². The minimum absolute atomic E-state index is 0.295. The van der Waals surface area contributed by atoms with Gasteiger partial charge in [-0.3, -0.25) is 19.2 Å². The van der Waals surface area contributed by atoms with Crippen molar-refractivity contribution < 1.29 is 48.3 Å². The molecule has 0 aromatic carbocycles. The van der Waals surface area contributed by atoms with E-state index < -0.39 is 61.0 Å². The van der Waals surface area contributed by atoms with E-state index >= 15 is 0 Å². The van der Waals surface area contributed by atoms with Gasteiger partial charge in [-0.2, -0.15) is 0 Å². The Kier molecular flexibility index (Phi) is 4.07. The van der Waals surface area contributed by atoms with Gasteiger partial charge in [0, 0.05) is 0 Å². The Morgan fingerprint density at radius 2 is 1.23 bits per heavy atom. The number of rotatable bonds is 0. The summed E-state index contributed by atoms with van der Waals surface area (Å²) in [6.45, 7) is 1.10. The van der Waals surface area contributed by atoms with Crippen LogP contribution in [0.2, 0.25) is 0 Å². The van der Waals surface area contributed by atoms with Crippen molar-refractivity contribution in [1.82, 2.24) is 0 Å². The predicted octanol–water partition coefficient (Wildman–Crippen LogP) is -1.53. The summed E-state index contributed by atoms with van der Waals surface area (Å²) in [6.07, 6.45) is -3.25. The average Bonchev–Trinajstić information content (AvgIpc) is 2.39. The normalized spacial score (nSPS) is 32.6. The number of esters is 4. The van der Waals surface area contributed by atoms with Crippen LogP contribution >= 0.6 is 0 Å². The number of aliphatic hydroxyl groups is 2. The summed E-state index contributed by atoms with van der Waals surface area (Å²) >= 11 is 0. The third kappa shape index (κ3) is 2.88. The number of ether oxygens (including phenoxy) is 4. The number of cyclic esters (lactones) is 2. The number of hydrogen-bond acceptors (Lipinski definition) is 10. The predicted molar refractivity (Wildman–Crippen MR) is 62.2 cm³/mol. The van der Waals surface area contributed by atoms with Crippen molar-refractivity contribution in [2.75, 3.05) is 0 Å². The fourth-order valence-corrected chi connectivity index (χ4v) is 2.05. The van der Waals surface area contributed by atoms with Crippen LogP contribution in [-0.2, 0) is 38.1 Å². The Balaban J connectivity index is 2.49. The molecule has 2 unspecified atom stereocenters. The van der Waals surface area contributed by atoms with Crippen LogP contribution in [0.5, 0.6) is 0 Å². The highest BCUT2D eigenvalue weighted by atomic mass is 16.9. The van der Waals surface area contributed by atoms with Crippen LogP contribution in [0.15, 0.2) is 0 Å². The molecule has 0 saturated carbocycles. The molecular weight excluding hydrogens is 304 g/mol. The second-order valence-corrected chi connectivity index (χ2v) is 4.83. The smallest absolute Gasteiger partial charge is 0.410 e. The third-order valence-corrected chi connectivity index (χ3v) is 3.15. The van der Waals surface area contributed by atoms with Crippen molar-refractivity contribution in [3.63, 3.8) is 0 Å². The zero-order chi connectivity index (χ0) is 16.5. The highest BCUT2D eigenvalue weighted by Gasteiger charge is 2.67. The van der Waals surface area contributed by atoms with Gasteiger partial charge in [-0.1, -0.05) is 0 Å². The van der Waals surface area contributed by atoms with Gasteiger partial charge in [0.15, 0.2) is 6.10 Å². The van der Waals surface area contributed by atoms with Gasteiger partial charge in [-0.25, -0.2) is 0 Å². The molecule has 2 fully saturated rings. The summed E-state index contributed by atoms with van der Waals surface area (Å²) in [5.41, 5.74) is 0. The second kappa shape index (κ2) is 5.54. The Labute approximate surface area is 123 Å². The monoisotopic (exact) mass is 318 g/mol. The van der Waals surface area contributed by atoms with Crippen molar-refractivity contribution in [3.8, 4) is 0 Å². The molecule has 0 aromatic heterocycles. The van der Waals surface area contributed by atoms with Crippen molar-refractivity contribution >= 4 is 23.9 Å². The Hall–Kier alpha value is -2.20. The molecule has 0 aromatic rings. The van der Waals surface area contributed by atoms with E-state index in [4.69, 9.17) is 14.2 Å². The van der Waals surface area contributed by atoms with Crippen molar-refractivity contribution in [3.05, 3.63) is 0 Å². The van der Waals surface area contributed by atoms with E-state index in [0.29, 0.717) is 0 Å². The summed E-state index contributed by atoms with van der Waals surface area (Å²) in [4.78, 5) is 46.3. The Morgan fingerprint density at radius 3 is 1.73 bits per heavy atom. The zero-order valence-electron chi connectivity index (χ0n) is 11.6. The van der Waals surface area contributed by atoms with Gasteiger partial charge in [-0.05, 0) is 6.92 Å². The first-order valence-corrected chi connectivity index (χ1v) is 6.46. The maximum absolute atomic E-state index is 11.7. The highest BCUT2D eigenvalue weighted by Crippen LogP contribution is 2.36. The molecule has 2 atom stereocenters. The first-order valence-electron chi connectivity index (χ1n) is 6.46. The molecule has 2 aliphatic heterocycles. The molecule has 0 radical (unpaired) electrons. The van der Waals surface area contributed by atoms with Crippen LogP contribution in [0, 0.1) is 0 Å². The third-order valence-electron chi connectivity index (χ3n) is 3.15. The maximum atomic E-state index is 11.7. The molecule has 0 amide bonds. The molecule has 0 bridgehead atoms. The summed E-state index contributed by atoms with van der Waals surface area (Å²) < 4.78 is 18.9. The molecule has 2 aliphatic rings. The molecule has 10 nitrogen and oxygen atoms in total. The first-order chi connectivity index (χ1) is 10.2. The van der Waals surface area contributed by atoms with Crippen molar-refractivity contribution in [2.24, 2.45) is 0 Å². The van der Waals surface area contributed by atoms with Gasteiger partial charge >= 0.3 is 35.6 Å². The topological polar surface area (TPSA) is 146 Å². The fraction of sp³-hybridized carbons (Fsp3) is 0.667. The minimum atomic E-state index is -3.52.